The smallest absolute Gasteiger partial charge is 0.326 e. The SMILES string of the molecule is O=C(O)C1CC2CCCCC2N1C(=O)c1ccc(F)cc1F. The van der Waals surface area contributed by atoms with Crippen molar-refractivity contribution in [2.24, 2.45) is 5.92 Å². The summed E-state index contributed by atoms with van der Waals surface area (Å²) in [6.45, 7) is 0. The molecule has 1 heterocycles. The predicted octanol–water partition coefficient (Wildman–Crippen LogP) is 2.82. The van der Waals surface area contributed by atoms with Crippen molar-refractivity contribution in [2.75, 3.05) is 0 Å². The molecule has 3 atom stereocenters. The molecule has 6 heteroatoms. The van der Waals surface area contributed by atoms with Crippen LogP contribution in [0.1, 0.15) is 42.5 Å². The quantitative estimate of drug-likeness (QED) is 0.914. The number of nitrogens with zero attached hydrogens (tertiary/aromatic N) is 1. The molecule has 1 saturated heterocycles. The average Bonchev–Trinajstić information content (AvgIpc) is 2.86. The lowest BCUT2D eigenvalue weighted by atomic mass is 9.84. The number of carbonyl (C=O) groups is 2. The van der Waals surface area contributed by atoms with Crippen molar-refractivity contribution in [3.05, 3.63) is 35.4 Å². The number of amides is 1. The predicted molar refractivity (Wildman–Crippen MR) is 74.3 cm³/mol. The third-order valence-electron chi connectivity index (χ3n) is 4.77. The van der Waals surface area contributed by atoms with Crippen LogP contribution < -0.4 is 0 Å². The number of aliphatic carboxylic acids is 1. The molecule has 3 rings (SSSR count). The summed E-state index contributed by atoms with van der Waals surface area (Å²) in [6, 6.07) is 1.66. The van der Waals surface area contributed by atoms with Gasteiger partial charge in [0, 0.05) is 12.1 Å². The highest BCUT2D eigenvalue weighted by molar-refractivity contribution is 5.97. The zero-order valence-electron chi connectivity index (χ0n) is 12.0. The fourth-order valence-corrected chi connectivity index (χ4v) is 3.77. The highest BCUT2D eigenvalue weighted by Gasteiger charge is 2.48. The first kappa shape index (κ1) is 14.9. The van der Waals surface area contributed by atoms with Crippen molar-refractivity contribution < 1.29 is 23.5 Å². The van der Waals surface area contributed by atoms with Gasteiger partial charge in [-0.1, -0.05) is 12.8 Å². The first-order chi connectivity index (χ1) is 10.5. The zero-order valence-corrected chi connectivity index (χ0v) is 12.0. The number of fused-ring (bicyclic) bond motifs is 1. The number of hydrogen-bond acceptors (Lipinski definition) is 2. The molecule has 0 radical (unpaired) electrons. The van der Waals surface area contributed by atoms with Crippen LogP contribution in [0.5, 0.6) is 0 Å². The Bertz CT molecular complexity index is 619. The van der Waals surface area contributed by atoms with E-state index in [1.165, 1.54) is 4.90 Å². The number of carboxylic acid groups (broad SMARTS) is 1. The van der Waals surface area contributed by atoms with Crippen LogP contribution in [0.15, 0.2) is 18.2 Å². The van der Waals surface area contributed by atoms with E-state index in [0.29, 0.717) is 12.5 Å². The van der Waals surface area contributed by atoms with E-state index in [4.69, 9.17) is 0 Å². The number of rotatable bonds is 2. The summed E-state index contributed by atoms with van der Waals surface area (Å²) in [4.78, 5) is 25.4. The summed E-state index contributed by atoms with van der Waals surface area (Å²) in [7, 11) is 0. The lowest BCUT2D eigenvalue weighted by molar-refractivity contribution is -0.141. The lowest BCUT2D eigenvalue weighted by Crippen LogP contribution is -2.46. The van der Waals surface area contributed by atoms with Crippen molar-refractivity contribution in [3.8, 4) is 0 Å². The van der Waals surface area contributed by atoms with E-state index in [1.54, 1.807) is 0 Å². The molecule has 2 aliphatic rings. The normalized spacial score (nSPS) is 27.5. The molecule has 1 amide bonds. The number of halogens is 2. The van der Waals surface area contributed by atoms with Gasteiger partial charge in [0.25, 0.3) is 5.91 Å². The highest BCUT2D eigenvalue weighted by Crippen LogP contribution is 2.40. The molecule has 0 bridgehead atoms. The Hall–Kier alpha value is -1.98. The van der Waals surface area contributed by atoms with Gasteiger partial charge in [0.15, 0.2) is 0 Å². The van der Waals surface area contributed by atoms with E-state index in [-0.39, 0.29) is 17.5 Å². The molecule has 0 aromatic heterocycles. The van der Waals surface area contributed by atoms with E-state index in [9.17, 15) is 23.5 Å². The Morgan fingerprint density at radius 2 is 1.91 bits per heavy atom. The standard InChI is InChI=1S/C16H17F2NO3/c17-10-5-6-11(12(18)8-10)15(20)19-13-4-2-1-3-9(13)7-14(19)16(21)22/h5-6,8-9,13-14H,1-4,7H2,(H,21,22). The van der Waals surface area contributed by atoms with E-state index >= 15 is 0 Å². The van der Waals surface area contributed by atoms with Crippen molar-refractivity contribution in [3.63, 3.8) is 0 Å². The van der Waals surface area contributed by atoms with Crippen LogP contribution in [-0.2, 0) is 4.79 Å². The largest absolute Gasteiger partial charge is 0.480 e. The van der Waals surface area contributed by atoms with Gasteiger partial charge in [-0.25, -0.2) is 13.6 Å². The van der Waals surface area contributed by atoms with E-state index in [1.807, 2.05) is 0 Å². The Balaban J connectivity index is 1.95. The first-order valence-corrected chi connectivity index (χ1v) is 7.49. The van der Waals surface area contributed by atoms with Crippen molar-refractivity contribution >= 4 is 11.9 Å². The van der Waals surface area contributed by atoms with Crippen LogP contribution in [0.3, 0.4) is 0 Å². The van der Waals surface area contributed by atoms with Gasteiger partial charge < -0.3 is 10.0 Å². The fraction of sp³-hybridized carbons (Fsp3) is 0.500. The van der Waals surface area contributed by atoms with Crippen LogP contribution in [0.2, 0.25) is 0 Å². The van der Waals surface area contributed by atoms with Crippen LogP contribution in [-0.4, -0.2) is 34.0 Å². The maximum atomic E-state index is 13.9. The number of carbonyl (C=O) groups excluding carboxylic acids is 1. The number of likely N-dealkylation sites (tertiary alicyclic amines) is 1. The molecular formula is C16H17F2NO3. The molecule has 22 heavy (non-hydrogen) atoms. The van der Waals surface area contributed by atoms with Crippen molar-refractivity contribution in [1.29, 1.82) is 0 Å². The monoisotopic (exact) mass is 309 g/mol. The summed E-state index contributed by atoms with van der Waals surface area (Å²) in [5, 5.41) is 9.39. The molecule has 1 aromatic carbocycles. The summed E-state index contributed by atoms with van der Waals surface area (Å²) in [5.41, 5.74) is -0.265. The average molecular weight is 309 g/mol. The molecule has 3 unspecified atom stereocenters. The van der Waals surface area contributed by atoms with Crippen molar-refractivity contribution in [2.45, 2.75) is 44.2 Å². The first-order valence-electron chi connectivity index (χ1n) is 7.49. The van der Waals surface area contributed by atoms with Gasteiger partial charge in [0.2, 0.25) is 0 Å². The highest BCUT2D eigenvalue weighted by atomic mass is 19.1. The maximum absolute atomic E-state index is 13.9. The van der Waals surface area contributed by atoms with Gasteiger partial charge >= 0.3 is 5.97 Å². The second-order valence-electron chi connectivity index (χ2n) is 6.04. The Kier molecular flexibility index (Phi) is 3.85. The molecule has 1 aliphatic carbocycles. The number of carboxylic acids is 1. The zero-order chi connectivity index (χ0) is 15.9. The van der Waals surface area contributed by atoms with Crippen LogP contribution in [0.4, 0.5) is 8.78 Å². The Morgan fingerprint density at radius 3 is 2.59 bits per heavy atom. The summed E-state index contributed by atoms with van der Waals surface area (Å²) in [5.74, 6) is -3.28. The molecule has 0 spiro atoms. The second-order valence-corrected chi connectivity index (χ2v) is 6.04. The molecule has 1 aliphatic heterocycles. The van der Waals surface area contributed by atoms with Crippen LogP contribution in [0.25, 0.3) is 0 Å². The summed E-state index contributed by atoms with van der Waals surface area (Å²) in [6.07, 6.45) is 4.01. The van der Waals surface area contributed by atoms with Crippen LogP contribution in [0, 0.1) is 17.6 Å². The number of benzene rings is 1. The maximum Gasteiger partial charge on any atom is 0.326 e. The van der Waals surface area contributed by atoms with Gasteiger partial charge in [0.05, 0.1) is 5.56 Å². The minimum absolute atomic E-state index is 0.155. The number of hydrogen-bond donors (Lipinski definition) is 1. The van der Waals surface area contributed by atoms with Gasteiger partial charge in [-0.15, -0.1) is 0 Å². The molecule has 4 nitrogen and oxygen atoms in total. The molecule has 1 saturated carbocycles. The molecule has 1 aromatic rings. The van der Waals surface area contributed by atoms with E-state index in [2.05, 4.69) is 0 Å². The third-order valence-corrected chi connectivity index (χ3v) is 4.77. The third kappa shape index (κ3) is 2.46. The topological polar surface area (TPSA) is 57.6 Å². The van der Waals surface area contributed by atoms with Gasteiger partial charge in [-0.2, -0.15) is 0 Å². The lowest BCUT2D eigenvalue weighted by Gasteiger charge is -2.33. The fourth-order valence-electron chi connectivity index (χ4n) is 3.77. The second kappa shape index (κ2) is 5.66. The summed E-state index contributed by atoms with van der Waals surface area (Å²) < 4.78 is 26.9. The summed E-state index contributed by atoms with van der Waals surface area (Å²) >= 11 is 0. The van der Waals surface area contributed by atoms with Gasteiger partial charge in [-0.05, 0) is 37.3 Å². The molecule has 2 fully saturated rings. The van der Waals surface area contributed by atoms with E-state index in [0.717, 1.165) is 37.8 Å². The Morgan fingerprint density at radius 1 is 1.18 bits per heavy atom. The molecule has 118 valence electrons. The minimum atomic E-state index is -1.06. The minimum Gasteiger partial charge on any atom is -0.480 e. The molecular weight excluding hydrogens is 292 g/mol. The van der Waals surface area contributed by atoms with E-state index < -0.39 is 29.6 Å². The van der Waals surface area contributed by atoms with Crippen LogP contribution >= 0.6 is 0 Å². The van der Waals surface area contributed by atoms with Gasteiger partial charge in [-0.3, -0.25) is 4.79 Å². The molecule has 1 N–H and O–H groups in total. The Labute approximate surface area is 126 Å². The van der Waals surface area contributed by atoms with Crippen molar-refractivity contribution in [1.82, 2.24) is 4.90 Å². The van der Waals surface area contributed by atoms with Gasteiger partial charge in [0.1, 0.15) is 17.7 Å².